The van der Waals surface area contributed by atoms with Gasteiger partial charge in [0, 0.05) is 11.6 Å². The molecule has 0 heterocycles. The number of rotatable bonds is 6. The highest BCUT2D eigenvalue weighted by Crippen LogP contribution is 2.37. The van der Waals surface area contributed by atoms with E-state index >= 15 is 0 Å². The number of ether oxygens (including phenoxy) is 2. The van der Waals surface area contributed by atoms with Crippen LogP contribution in [0.5, 0.6) is 11.5 Å². The molecule has 0 saturated heterocycles. The van der Waals surface area contributed by atoms with E-state index < -0.39 is 0 Å². The molecule has 1 rings (SSSR count). The molecule has 1 N–H and O–H groups in total. The summed E-state index contributed by atoms with van der Waals surface area (Å²) in [6.45, 7) is 4.43. The Labute approximate surface area is 118 Å². The van der Waals surface area contributed by atoms with Crippen LogP contribution in [-0.4, -0.2) is 21.3 Å². The van der Waals surface area contributed by atoms with Gasteiger partial charge in [-0.1, -0.05) is 13.8 Å². The van der Waals surface area contributed by atoms with E-state index in [1.807, 2.05) is 19.2 Å². The van der Waals surface area contributed by atoms with Gasteiger partial charge in [-0.2, -0.15) is 0 Å². The van der Waals surface area contributed by atoms with Crippen molar-refractivity contribution in [3.8, 4) is 11.5 Å². The van der Waals surface area contributed by atoms with Gasteiger partial charge in [-0.15, -0.1) is 0 Å². The number of nitrogens with one attached hydrogen (secondary N) is 1. The van der Waals surface area contributed by atoms with Crippen LogP contribution in [0.4, 0.5) is 0 Å². The third kappa shape index (κ3) is 3.62. The van der Waals surface area contributed by atoms with E-state index in [4.69, 9.17) is 9.47 Å². The molecule has 0 bridgehead atoms. The van der Waals surface area contributed by atoms with Gasteiger partial charge in [0.25, 0.3) is 0 Å². The topological polar surface area (TPSA) is 30.5 Å². The zero-order valence-corrected chi connectivity index (χ0v) is 13.3. The van der Waals surface area contributed by atoms with E-state index in [0.717, 1.165) is 28.0 Å². The molecule has 102 valence electrons. The fraction of sp³-hybridized carbons (Fsp3) is 0.571. The molecule has 0 radical (unpaired) electrons. The largest absolute Gasteiger partial charge is 0.496 e. The smallest absolute Gasteiger partial charge is 0.133 e. The molecule has 4 heteroatoms. The molecule has 3 nitrogen and oxygen atoms in total. The van der Waals surface area contributed by atoms with E-state index in [0.29, 0.717) is 5.92 Å². The van der Waals surface area contributed by atoms with Crippen molar-refractivity contribution < 1.29 is 9.47 Å². The number of benzene rings is 1. The van der Waals surface area contributed by atoms with Crippen molar-refractivity contribution in [2.75, 3.05) is 21.3 Å². The predicted octanol–water partition coefficient (Wildman–Crippen LogP) is 3.77. The van der Waals surface area contributed by atoms with E-state index in [1.165, 1.54) is 0 Å². The van der Waals surface area contributed by atoms with Gasteiger partial charge in [0.15, 0.2) is 0 Å². The van der Waals surface area contributed by atoms with Crippen LogP contribution in [0.1, 0.15) is 31.9 Å². The Bertz CT molecular complexity index is 394. The molecule has 0 amide bonds. The minimum atomic E-state index is 0.266. The Hall–Kier alpha value is -0.740. The highest BCUT2D eigenvalue weighted by molar-refractivity contribution is 9.10. The summed E-state index contributed by atoms with van der Waals surface area (Å²) in [7, 11) is 5.34. The van der Waals surface area contributed by atoms with Crippen LogP contribution in [0.2, 0.25) is 0 Å². The Balaban J connectivity index is 3.18. The van der Waals surface area contributed by atoms with Crippen LogP contribution in [-0.2, 0) is 0 Å². The first-order chi connectivity index (χ1) is 8.53. The molecule has 1 unspecified atom stereocenters. The third-order valence-electron chi connectivity index (χ3n) is 2.94. The monoisotopic (exact) mass is 315 g/mol. The fourth-order valence-corrected chi connectivity index (χ4v) is 2.51. The molecule has 1 atom stereocenters. The van der Waals surface area contributed by atoms with E-state index in [-0.39, 0.29) is 6.04 Å². The van der Waals surface area contributed by atoms with Gasteiger partial charge in [0.05, 0.1) is 18.7 Å². The van der Waals surface area contributed by atoms with Gasteiger partial charge in [0.1, 0.15) is 11.5 Å². The molecular weight excluding hydrogens is 294 g/mol. The summed E-state index contributed by atoms with van der Waals surface area (Å²) in [6.07, 6.45) is 1.05. The number of hydrogen-bond donors (Lipinski definition) is 1. The van der Waals surface area contributed by atoms with Crippen molar-refractivity contribution in [1.82, 2.24) is 5.32 Å². The van der Waals surface area contributed by atoms with Crippen molar-refractivity contribution >= 4 is 15.9 Å². The number of methoxy groups -OCH3 is 2. The van der Waals surface area contributed by atoms with Gasteiger partial charge < -0.3 is 14.8 Å². The van der Waals surface area contributed by atoms with Crippen LogP contribution >= 0.6 is 15.9 Å². The first kappa shape index (κ1) is 15.3. The van der Waals surface area contributed by atoms with Crippen molar-refractivity contribution in [1.29, 1.82) is 0 Å². The summed E-state index contributed by atoms with van der Waals surface area (Å²) in [4.78, 5) is 0. The zero-order chi connectivity index (χ0) is 13.7. The summed E-state index contributed by atoms with van der Waals surface area (Å²) >= 11 is 3.48. The van der Waals surface area contributed by atoms with Crippen LogP contribution in [0.15, 0.2) is 16.6 Å². The molecule has 0 spiro atoms. The number of hydrogen-bond acceptors (Lipinski definition) is 3. The molecule has 0 aromatic heterocycles. The lowest BCUT2D eigenvalue weighted by Crippen LogP contribution is -2.19. The molecule has 1 aromatic rings. The van der Waals surface area contributed by atoms with Crippen molar-refractivity contribution in [2.45, 2.75) is 26.3 Å². The van der Waals surface area contributed by atoms with Crippen LogP contribution in [0.3, 0.4) is 0 Å². The predicted molar refractivity (Wildman–Crippen MR) is 78.5 cm³/mol. The van der Waals surface area contributed by atoms with Crippen LogP contribution in [0, 0.1) is 5.92 Å². The highest BCUT2D eigenvalue weighted by atomic mass is 79.9. The van der Waals surface area contributed by atoms with Gasteiger partial charge in [-0.3, -0.25) is 0 Å². The minimum Gasteiger partial charge on any atom is -0.496 e. The second kappa shape index (κ2) is 7.00. The average molecular weight is 316 g/mol. The van der Waals surface area contributed by atoms with E-state index in [9.17, 15) is 0 Å². The summed E-state index contributed by atoms with van der Waals surface area (Å²) in [5.74, 6) is 2.32. The maximum absolute atomic E-state index is 5.46. The van der Waals surface area contributed by atoms with Crippen molar-refractivity contribution in [3.63, 3.8) is 0 Å². The molecule has 0 saturated carbocycles. The standard InChI is InChI=1S/C14H22BrNO2/c1-9(2)6-12(16-3)10-7-14(18-5)11(15)8-13(10)17-4/h7-9,12,16H,6H2,1-5H3. The van der Waals surface area contributed by atoms with Gasteiger partial charge in [-0.25, -0.2) is 0 Å². The van der Waals surface area contributed by atoms with E-state index in [2.05, 4.69) is 35.1 Å². The first-order valence-electron chi connectivity index (χ1n) is 6.12. The van der Waals surface area contributed by atoms with Crippen LogP contribution < -0.4 is 14.8 Å². The molecule has 0 aliphatic carbocycles. The third-order valence-corrected chi connectivity index (χ3v) is 3.55. The molecule has 0 fully saturated rings. The van der Waals surface area contributed by atoms with Crippen molar-refractivity contribution in [2.24, 2.45) is 5.92 Å². The van der Waals surface area contributed by atoms with E-state index in [1.54, 1.807) is 14.2 Å². The molecule has 0 aliphatic rings. The lowest BCUT2D eigenvalue weighted by atomic mass is 9.96. The van der Waals surface area contributed by atoms with Crippen molar-refractivity contribution in [3.05, 3.63) is 22.2 Å². The first-order valence-corrected chi connectivity index (χ1v) is 6.91. The Morgan fingerprint density at radius 3 is 2.22 bits per heavy atom. The minimum absolute atomic E-state index is 0.266. The number of halogens is 1. The SMILES string of the molecule is CNC(CC(C)C)c1cc(OC)c(Br)cc1OC. The quantitative estimate of drug-likeness (QED) is 0.866. The fourth-order valence-electron chi connectivity index (χ4n) is 2.03. The second-order valence-corrected chi connectivity index (χ2v) is 5.55. The van der Waals surface area contributed by atoms with Gasteiger partial charge in [0.2, 0.25) is 0 Å². The van der Waals surface area contributed by atoms with Crippen LogP contribution in [0.25, 0.3) is 0 Å². The Morgan fingerprint density at radius 2 is 1.78 bits per heavy atom. The maximum Gasteiger partial charge on any atom is 0.133 e. The summed E-state index contributed by atoms with van der Waals surface area (Å²) in [6, 6.07) is 4.26. The highest BCUT2D eigenvalue weighted by Gasteiger charge is 2.18. The summed E-state index contributed by atoms with van der Waals surface area (Å²) in [5.41, 5.74) is 1.13. The lowest BCUT2D eigenvalue weighted by molar-refractivity contribution is 0.379. The van der Waals surface area contributed by atoms with Gasteiger partial charge >= 0.3 is 0 Å². The average Bonchev–Trinajstić information content (AvgIpc) is 2.35. The lowest BCUT2D eigenvalue weighted by Gasteiger charge is -2.22. The summed E-state index contributed by atoms with van der Waals surface area (Å²) < 4.78 is 11.7. The second-order valence-electron chi connectivity index (χ2n) is 4.70. The molecule has 18 heavy (non-hydrogen) atoms. The molecule has 0 aliphatic heterocycles. The molecular formula is C14H22BrNO2. The maximum atomic E-state index is 5.46. The Kier molecular flexibility index (Phi) is 5.96. The zero-order valence-electron chi connectivity index (χ0n) is 11.7. The normalized spacial score (nSPS) is 12.6. The Morgan fingerprint density at radius 1 is 1.17 bits per heavy atom. The van der Waals surface area contributed by atoms with Gasteiger partial charge in [-0.05, 0) is 47.4 Å². The molecule has 1 aromatic carbocycles. The summed E-state index contributed by atoms with van der Waals surface area (Å²) in [5, 5.41) is 3.34.